The summed E-state index contributed by atoms with van der Waals surface area (Å²) in [7, 11) is 0. The maximum Gasteiger partial charge on any atom is 0.239 e. The van der Waals surface area contributed by atoms with Gasteiger partial charge in [-0.2, -0.15) is 11.8 Å². The number of thioether (sulfide) groups is 1. The summed E-state index contributed by atoms with van der Waals surface area (Å²) in [6.07, 6.45) is 10.6. The third-order valence-corrected chi connectivity index (χ3v) is 5.70. The van der Waals surface area contributed by atoms with E-state index in [2.05, 4.69) is 6.92 Å². The van der Waals surface area contributed by atoms with Gasteiger partial charge in [-0.25, -0.2) is 0 Å². The Balaban J connectivity index is 1.68. The van der Waals surface area contributed by atoms with Crippen molar-refractivity contribution in [3.63, 3.8) is 0 Å². The molecule has 2 rings (SSSR count). The molecule has 1 saturated carbocycles. The second-order valence-electron chi connectivity index (χ2n) is 6.93. The van der Waals surface area contributed by atoms with Gasteiger partial charge >= 0.3 is 0 Å². The molecule has 0 aromatic rings. The van der Waals surface area contributed by atoms with Crippen molar-refractivity contribution in [2.24, 2.45) is 11.7 Å². The van der Waals surface area contributed by atoms with Crippen molar-refractivity contribution >= 4 is 17.7 Å². The molecular formula is C17H32N2O2S. The van der Waals surface area contributed by atoms with Gasteiger partial charge in [-0.3, -0.25) is 4.79 Å². The Kier molecular flexibility index (Phi) is 7.51. The summed E-state index contributed by atoms with van der Waals surface area (Å²) in [4.78, 5) is 14.2. The van der Waals surface area contributed by atoms with E-state index in [1.54, 1.807) is 11.8 Å². The molecule has 1 heterocycles. The first kappa shape index (κ1) is 18.1. The Morgan fingerprint density at radius 3 is 2.36 bits per heavy atom. The highest BCUT2D eigenvalue weighted by atomic mass is 32.2. The van der Waals surface area contributed by atoms with Crippen molar-refractivity contribution in [1.82, 2.24) is 4.90 Å². The van der Waals surface area contributed by atoms with Crippen LogP contribution in [0.5, 0.6) is 0 Å². The number of amides is 1. The second-order valence-corrected chi connectivity index (χ2v) is 7.92. The standard InChI is InChI=1S/C17H32N2O2S/c1-13-3-5-14(6-4-13)21-15-7-10-19(11-8-15)17(20)16(18)9-12-22-2/h13-16H,3-12,18H2,1-2H3/t13?,14?,16-/m0/s1. The number of carbonyl (C=O) groups is 1. The molecule has 2 N–H and O–H groups in total. The Bertz CT molecular complexity index is 338. The fourth-order valence-corrected chi connectivity index (χ4v) is 3.94. The summed E-state index contributed by atoms with van der Waals surface area (Å²) >= 11 is 1.74. The summed E-state index contributed by atoms with van der Waals surface area (Å²) < 4.78 is 6.26. The van der Waals surface area contributed by atoms with Crippen LogP contribution in [0.25, 0.3) is 0 Å². The zero-order chi connectivity index (χ0) is 15.9. The highest BCUT2D eigenvalue weighted by Gasteiger charge is 2.28. The van der Waals surface area contributed by atoms with Gasteiger partial charge in [-0.15, -0.1) is 0 Å². The number of hydrogen-bond donors (Lipinski definition) is 1. The summed E-state index contributed by atoms with van der Waals surface area (Å²) in [6, 6.07) is -0.329. The van der Waals surface area contributed by atoms with Gasteiger partial charge in [0.25, 0.3) is 0 Å². The van der Waals surface area contributed by atoms with Gasteiger partial charge in [0.1, 0.15) is 0 Å². The van der Waals surface area contributed by atoms with Crippen molar-refractivity contribution in [3.05, 3.63) is 0 Å². The number of hydrogen-bond acceptors (Lipinski definition) is 4. The van der Waals surface area contributed by atoms with E-state index in [9.17, 15) is 4.79 Å². The van der Waals surface area contributed by atoms with Gasteiger partial charge in [-0.1, -0.05) is 6.92 Å². The molecule has 0 aromatic heterocycles. The molecule has 0 radical (unpaired) electrons. The predicted octanol–water partition coefficient (Wildman–Crippen LogP) is 2.65. The van der Waals surface area contributed by atoms with Crippen LogP contribution in [-0.4, -0.2) is 54.2 Å². The average molecular weight is 329 g/mol. The first-order valence-corrected chi connectivity index (χ1v) is 10.2. The zero-order valence-electron chi connectivity index (χ0n) is 14.1. The van der Waals surface area contributed by atoms with Crippen molar-refractivity contribution in [3.8, 4) is 0 Å². The number of nitrogens with two attached hydrogens (primary N) is 1. The largest absolute Gasteiger partial charge is 0.375 e. The molecule has 1 saturated heterocycles. The molecule has 1 atom stereocenters. The molecule has 2 fully saturated rings. The number of likely N-dealkylation sites (tertiary alicyclic amines) is 1. The van der Waals surface area contributed by atoms with E-state index in [0.29, 0.717) is 12.2 Å². The lowest BCUT2D eigenvalue weighted by Crippen LogP contribution is -2.48. The number of ether oxygens (including phenoxy) is 1. The van der Waals surface area contributed by atoms with Crippen molar-refractivity contribution in [1.29, 1.82) is 0 Å². The molecule has 22 heavy (non-hydrogen) atoms. The Morgan fingerprint density at radius 2 is 1.77 bits per heavy atom. The lowest BCUT2D eigenvalue weighted by atomic mass is 9.88. The quantitative estimate of drug-likeness (QED) is 0.814. The van der Waals surface area contributed by atoms with Crippen LogP contribution in [0.1, 0.15) is 51.9 Å². The van der Waals surface area contributed by atoms with Crippen LogP contribution in [0.2, 0.25) is 0 Å². The second kappa shape index (κ2) is 9.14. The average Bonchev–Trinajstić information content (AvgIpc) is 2.55. The minimum atomic E-state index is -0.329. The molecule has 0 spiro atoms. The normalized spacial score (nSPS) is 28.6. The molecule has 2 aliphatic rings. The van der Waals surface area contributed by atoms with Crippen LogP contribution in [0.3, 0.4) is 0 Å². The van der Waals surface area contributed by atoms with Gasteiger partial charge in [0.15, 0.2) is 0 Å². The first-order valence-electron chi connectivity index (χ1n) is 8.79. The van der Waals surface area contributed by atoms with E-state index < -0.39 is 0 Å². The molecule has 1 aliphatic heterocycles. The molecule has 4 nitrogen and oxygen atoms in total. The van der Waals surface area contributed by atoms with E-state index in [0.717, 1.165) is 44.0 Å². The minimum Gasteiger partial charge on any atom is -0.375 e. The van der Waals surface area contributed by atoms with Gasteiger partial charge in [-0.05, 0) is 62.9 Å². The summed E-state index contributed by atoms with van der Waals surface area (Å²) in [5.74, 6) is 1.94. The maximum atomic E-state index is 12.3. The Labute approximate surface area is 139 Å². The zero-order valence-corrected chi connectivity index (χ0v) is 14.9. The highest BCUT2D eigenvalue weighted by molar-refractivity contribution is 7.98. The predicted molar refractivity (Wildman–Crippen MR) is 93.1 cm³/mol. The molecule has 128 valence electrons. The monoisotopic (exact) mass is 328 g/mol. The smallest absolute Gasteiger partial charge is 0.239 e. The van der Waals surface area contributed by atoms with E-state index in [1.165, 1.54) is 25.7 Å². The highest BCUT2D eigenvalue weighted by Crippen LogP contribution is 2.28. The lowest BCUT2D eigenvalue weighted by molar-refractivity contribution is -0.136. The van der Waals surface area contributed by atoms with Gasteiger partial charge in [0, 0.05) is 13.1 Å². The molecule has 5 heteroatoms. The van der Waals surface area contributed by atoms with Crippen molar-refractivity contribution < 1.29 is 9.53 Å². The number of nitrogens with zero attached hydrogens (tertiary/aromatic N) is 1. The summed E-state index contributed by atoms with van der Waals surface area (Å²) in [5, 5.41) is 0. The Morgan fingerprint density at radius 1 is 1.18 bits per heavy atom. The number of rotatable bonds is 6. The molecular weight excluding hydrogens is 296 g/mol. The number of carbonyl (C=O) groups excluding carboxylic acids is 1. The number of piperidine rings is 1. The molecule has 0 aromatic carbocycles. The third kappa shape index (κ3) is 5.43. The van der Waals surface area contributed by atoms with Crippen molar-refractivity contribution in [2.45, 2.75) is 70.1 Å². The first-order chi connectivity index (χ1) is 10.6. The SMILES string of the molecule is CSCC[C@H](N)C(=O)N1CCC(OC2CCC(C)CC2)CC1. The fourth-order valence-electron chi connectivity index (χ4n) is 3.45. The van der Waals surface area contributed by atoms with Crippen LogP contribution >= 0.6 is 11.8 Å². The third-order valence-electron chi connectivity index (χ3n) is 5.05. The fraction of sp³-hybridized carbons (Fsp3) is 0.941. The summed E-state index contributed by atoms with van der Waals surface area (Å²) in [6.45, 7) is 3.94. The topological polar surface area (TPSA) is 55.6 Å². The maximum absolute atomic E-state index is 12.3. The van der Waals surface area contributed by atoms with Crippen LogP contribution in [0.15, 0.2) is 0 Å². The van der Waals surface area contributed by atoms with Gasteiger partial charge in [0.05, 0.1) is 18.2 Å². The van der Waals surface area contributed by atoms with Gasteiger partial charge in [0.2, 0.25) is 5.91 Å². The van der Waals surface area contributed by atoms with Crippen LogP contribution in [-0.2, 0) is 9.53 Å². The molecule has 1 aliphatic carbocycles. The van der Waals surface area contributed by atoms with E-state index in [1.807, 2.05) is 11.2 Å². The molecule has 0 bridgehead atoms. The van der Waals surface area contributed by atoms with E-state index in [-0.39, 0.29) is 11.9 Å². The van der Waals surface area contributed by atoms with Crippen LogP contribution in [0.4, 0.5) is 0 Å². The molecule has 0 unspecified atom stereocenters. The summed E-state index contributed by atoms with van der Waals surface area (Å²) in [5.41, 5.74) is 6.00. The Hall–Kier alpha value is -0.260. The van der Waals surface area contributed by atoms with Crippen LogP contribution < -0.4 is 5.73 Å². The molecule has 1 amide bonds. The van der Waals surface area contributed by atoms with E-state index in [4.69, 9.17) is 10.5 Å². The minimum absolute atomic E-state index is 0.124. The lowest BCUT2D eigenvalue weighted by Gasteiger charge is -2.36. The van der Waals surface area contributed by atoms with Crippen molar-refractivity contribution in [2.75, 3.05) is 25.1 Å². The van der Waals surface area contributed by atoms with Gasteiger partial charge < -0.3 is 15.4 Å². The van der Waals surface area contributed by atoms with E-state index >= 15 is 0 Å². The van der Waals surface area contributed by atoms with Crippen LogP contribution in [0, 0.1) is 5.92 Å².